The Morgan fingerprint density at radius 3 is 3.05 bits per heavy atom. The quantitative estimate of drug-likeness (QED) is 0.722. The average Bonchev–Trinajstić information content (AvgIpc) is 2.67. The van der Waals surface area contributed by atoms with Gasteiger partial charge < -0.3 is 14.9 Å². The van der Waals surface area contributed by atoms with Crippen LogP contribution in [0.3, 0.4) is 0 Å². The fourth-order valence-electron chi connectivity index (χ4n) is 2.15. The summed E-state index contributed by atoms with van der Waals surface area (Å²) in [6.07, 6.45) is 3.75. The number of pyridine rings is 1. The zero-order valence-corrected chi connectivity index (χ0v) is 11.9. The Hall–Kier alpha value is -2.39. The molecule has 21 heavy (non-hydrogen) atoms. The largest absolute Gasteiger partial charge is 0.384 e. The summed E-state index contributed by atoms with van der Waals surface area (Å²) in [6.45, 7) is 0.973. The molecule has 0 saturated carbocycles. The summed E-state index contributed by atoms with van der Waals surface area (Å²) in [6, 6.07) is 1.59. The molecule has 6 nitrogen and oxygen atoms in total. The summed E-state index contributed by atoms with van der Waals surface area (Å²) in [5.74, 6) is 4.92. The average molecular weight is 287 g/mol. The molecule has 1 aliphatic rings. The van der Waals surface area contributed by atoms with E-state index >= 15 is 0 Å². The molecule has 2 rings (SSSR count). The van der Waals surface area contributed by atoms with Gasteiger partial charge in [0.1, 0.15) is 13.2 Å². The Balaban J connectivity index is 2.25. The van der Waals surface area contributed by atoms with Gasteiger partial charge in [0.2, 0.25) is 5.91 Å². The zero-order valence-electron chi connectivity index (χ0n) is 11.9. The van der Waals surface area contributed by atoms with Crippen LogP contribution in [0.15, 0.2) is 18.5 Å². The van der Waals surface area contributed by atoms with Crippen molar-refractivity contribution in [3.05, 3.63) is 29.6 Å². The van der Waals surface area contributed by atoms with Gasteiger partial charge in [-0.15, -0.1) is 0 Å². The van der Waals surface area contributed by atoms with E-state index < -0.39 is 0 Å². The van der Waals surface area contributed by atoms with Crippen LogP contribution in [0.1, 0.15) is 22.3 Å². The number of hydrogen-bond acceptors (Lipinski definition) is 4. The second-order valence-corrected chi connectivity index (χ2v) is 4.78. The molecular weight excluding hydrogens is 270 g/mol. The Kier molecular flexibility index (Phi) is 4.90. The molecule has 0 bridgehead atoms. The Bertz CT molecular complexity index is 604. The lowest BCUT2D eigenvalue weighted by Crippen LogP contribution is -2.38. The highest BCUT2D eigenvalue weighted by Crippen LogP contribution is 2.12. The van der Waals surface area contributed by atoms with E-state index in [0.29, 0.717) is 24.2 Å². The summed E-state index contributed by atoms with van der Waals surface area (Å²) < 4.78 is 0. The SMILES string of the molecule is CN1CCCN(C(=O)c2ccncc2C#CCO)CC1=O. The molecule has 0 aromatic carbocycles. The third-order valence-electron chi connectivity index (χ3n) is 3.31. The molecular formula is C15H17N3O3. The van der Waals surface area contributed by atoms with Gasteiger partial charge in [0, 0.05) is 32.5 Å². The van der Waals surface area contributed by atoms with E-state index in [1.165, 1.54) is 17.3 Å². The monoisotopic (exact) mass is 287 g/mol. The molecule has 1 aromatic heterocycles. The molecule has 1 aromatic rings. The van der Waals surface area contributed by atoms with Crippen LogP contribution in [-0.4, -0.2) is 65.0 Å². The number of likely N-dealkylation sites (N-methyl/N-ethyl adjacent to an activating group) is 1. The number of rotatable bonds is 1. The molecule has 0 unspecified atom stereocenters. The highest BCUT2D eigenvalue weighted by atomic mass is 16.2. The van der Waals surface area contributed by atoms with Gasteiger partial charge in [-0.05, 0) is 12.5 Å². The van der Waals surface area contributed by atoms with Crippen molar-refractivity contribution >= 4 is 11.8 Å². The number of carbonyl (C=O) groups is 2. The number of nitrogens with zero attached hydrogens (tertiary/aromatic N) is 3. The Morgan fingerprint density at radius 1 is 1.48 bits per heavy atom. The predicted molar refractivity (Wildman–Crippen MR) is 76.4 cm³/mol. The van der Waals surface area contributed by atoms with Crippen molar-refractivity contribution in [2.24, 2.45) is 0 Å². The fraction of sp³-hybridized carbons (Fsp3) is 0.400. The summed E-state index contributed by atoms with van der Waals surface area (Å²) >= 11 is 0. The normalized spacial score (nSPS) is 15.2. The van der Waals surface area contributed by atoms with Gasteiger partial charge >= 0.3 is 0 Å². The second-order valence-electron chi connectivity index (χ2n) is 4.78. The summed E-state index contributed by atoms with van der Waals surface area (Å²) in [7, 11) is 1.74. The number of amides is 2. The third kappa shape index (κ3) is 3.58. The van der Waals surface area contributed by atoms with Crippen molar-refractivity contribution < 1.29 is 14.7 Å². The minimum Gasteiger partial charge on any atom is -0.384 e. The van der Waals surface area contributed by atoms with E-state index in [1.807, 2.05) is 0 Å². The molecule has 2 heterocycles. The minimum absolute atomic E-state index is 0.0714. The van der Waals surface area contributed by atoms with Crippen LogP contribution in [0, 0.1) is 11.8 Å². The van der Waals surface area contributed by atoms with Gasteiger partial charge in [-0.25, -0.2) is 0 Å². The molecule has 0 atom stereocenters. The first-order valence-corrected chi connectivity index (χ1v) is 6.70. The van der Waals surface area contributed by atoms with Crippen LogP contribution in [0.25, 0.3) is 0 Å². The van der Waals surface area contributed by atoms with E-state index in [4.69, 9.17) is 5.11 Å². The van der Waals surface area contributed by atoms with Gasteiger partial charge in [-0.2, -0.15) is 0 Å². The van der Waals surface area contributed by atoms with Crippen LogP contribution < -0.4 is 0 Å². The number of aliphatic hydroxyl groups excluding tert-OH is 1. The lowest BCUT2D eigenvalue weighted by Gasteiger charge is -2.20. The number of hydrogen-bond donors (Lipinski definition) is 1. The highest BCUT2D eigenvalue weighted by molar-refractivity contribution is 5.98. The predicted octanol–water partition coefficient (Wildman–Crippen LogP) is -0.270. The van der Waals surface area contributed by atoms with E-state index in [0.717, 1.165) is 6.42 Å². The third-order valence-corrected chi connectivity index (χ3v) is 3.31. The van der Waals surface area contributed by atoms with Crippen LogP contribution in [-0.2, 0) is 4.79 Å². The maximum atomic E-state index is 12.6. The molecule has 1 N–H and O–H groups in total. The lowest BCUT2D eigenvalue weighted by molar-refractivity contribution is -0.129. The van der Waals surface area contributed by atoms with Crippen molar-refractivity contribution in [2.45, 2.75) is 6.42 Å². The first-order valence-electron chi connectivity index (χ1n) is 6.70. The number of aliphatic hydroxyl groups is 1. The lowest BCUT2D eigenvalue weighted by atomic mass is 10.1. The van der Waals surface area contributed by atoms with Crippen molar-refractivity contribution in [3.8, 4) is 11.8 Å². The number of carbonyl (C=O) groups excluding carboxylic acids is 2. The first kappa shape index (κ1) is 15.0. The van der Waals surface area contributed by atoms with Gasteiger partial charge in [0.05, 0.1) is 11.1 Å². The smallest absolute Gasteiger partial charge is 0.255 e. The van der Waals surface area contributed by atoms with Gasteiger partial charge in [0.25, 0.3) is 5.91 Å². The Morgan fingerprint density at radius 2 is 2.29 bits per heavy atom. The van der Waals surface area contributed by atoms with E-state index in [9.17, 15) is 9.59 Å². The topological polar surface area (TPSA) is 73.7 Å². The van der Waals surface area contributed by atoms with Crippen LogP contribution in [0.5, 0.6) is 0 Å². The van der Waals surface area contributed by atoms with Crippen LogP contribution in [0.4, 0.5) is 0 Å². The molecule has 1 saturated heterocycles. The number of aromatic nitrogens is 1. The fourth-order valence-corrected chi connectivity index (χ4v) is 2.15. The van der Waals surface area contributed by atoms with Crippen LogP contribution in [0.2, 0.25) is 0 Å². The van der Waals surface area contributed by atoms with Gasteiger partial charge in [-0.3, -0.25) is 14.6 Å². The molecule has 0 radical (unpaired) electrons. The van der Waals surface area contributed by atoms with E-state index in [2.05, 4.69) is 16.8 Å². The van der Waals surface area contributed by atoms with Crippen molar-refractivity contribution in [1.82, 2.24) is 14.8 Å². The molecule has 0 spiro atoms. The molecule has 1 aliphatic heterocycles. The van der Waals surface area contributed by atoms with Crippen molar-refractivity contribution in [2.75, 3.05) is 33.3 Å². The standard InChI is InChI=1S/C15H17N3O3/c1-17-7-3-8-18(11-14(17)20)15(21)13-5-6-16-10-12(13)4-2-9-19/h5-6,10,19H,3,7-9,11H2,1H3. The van der Waals surface area contributed by atoms with Crippen LogP contribution >= 0.6 is 0 Å². The van der Waals surface area contributed by atoms with E-state index in [-0.39, 0.29) is 25.0 Å². The molecule has 110 valence electrons. The highest BCUT2D eigenvalue weighted by Gasteiger charge is 2.24. The van der Waals surface area contributed by atoms with Gasteiger partial charge in [-0.1, -0.05) is 11.8 Å². The molecule has 0 aliphatic carbocycles. The molecule has 6 heteroatoms. The van der Waals surface area contributed by atoms with E-state index in [1.54, 1.807) is 18.0 Å². The van der Waals surface area contributed by atoms with Crippen molar-refractivity contribution in [3.63, 3.8) is 0 Å². The maximum Gasteiger partial charge on any atom is 0.255 e. The minimum atomic E-state index is -0.282. The second kappa shape index (κ2) is 6.86. The summed E-state index contributed by atoms with van der Waals surface area (Å²) in [4.78, 5) is 31.6. The zero-order chi connectivity index (χ0) is 15.2. The van der Waals surface area contributed by atoms with Gasteiger partial charge in [0.15, 0.2) is 0 Å². The Labute approximate surface area is 123 Å². The molecule has 1 fully saturated rings. The summed E-state index contributed by atoms with van der Waals surface area (Å²) in [5.41, 5.74) is 0.866. The molecule has 2 amide bonds. The summed E-state index contributed by atoms with van der Waals surface area (Å²) in [5, 5.41) is 8.77. The first-order chi connectivity index (χ1) is 10.1. The van der Waals surface area contributed by atoms with Crippen molar-refractivity contribution in [1.29, 1.82) is 0 Å². The maximum absolute atomic E-state index is 12.6.